The van der Waals surface area contributed by atoms with Gasteiger partial charge in [-0.25, -0.2) is 0 Å². The van der Waals surface area contributed by atoms with E-state index in [2.05, 4.69) is 6.92 Å². The average molecular weight is 366 g/mol. The van der Waals surface area contributed by atoms with Crippen molar-refractivity contribution in [3.05, 3.63) is 52.4 Å². The molecule has 0 atom stereocenters. The van der Waals surface area contributed by atoms with Crippen LogP contribution in [0.5, 0.6) is 17.2 Å². The van der Waals surface area contributed by atoms with Gasteiger partial charge in [-0.05, 0) is 35.7 Å². The van der Waals surface area contributed by atoms with Gasteiger partial charge in [0, 0.05) is 12.5 Å². The molecule has 0 fully saturated rings. The summed E-state index contributed by atoms with van der Waals surface area (Å²) in [6, 6.07) is 9.23. The molecule has 0 bridgehead atoms. The van der Waals surface area contributed by atoms with Crippen LogP contribution in [0.3, 0.4) is 0 Å². The first kappa shape index (κ1) is 17.5. The van der Waals surface area contributed by atoms with Crippen LogP contribution < -0.4 is 19.6 Å². The maximum Gasteiger partial charge on any atom is 0.200 e. The van der Waals surface area contributed by atoms with Crippen LogP contribution in [0.15, 0.2) is 45.8 Å². The lowest BCUT2D eigenvalue weighted by molar-refractivity contribution is 0.297. The van der Waals surface area contributed by atoms with Crippen molar-refractivity contribution in [3.63, 3.8) is 0 Å². The second-order valence-electron chi connectivity index (χ2n) is 6.60. The summed E-state index contributed by atoms with van der Waals surface area (Å²) in [5.74, 6) is 2.11. The zero-order chi connectivity index (χ0) is 18.8. The minimum Gasteiger partial charge on any atom is -0.496 e. The minimum atomic E-state index is -0.0641. The first-order chi connectivity index (χ1) is 13.2. The zero-order valence-electron chi connectivity index (χ0n) is 15.5. The average Bonchev–Trinajstić information content (AvgIpc) is 2.93. The number of benzene rings is 2. The van der Waals surface area contributed by atoms with E-state index in [0.29, 0.717) is 41.2 Å². The molecule has 0 aliphatic carbocycles. The van der Waals surface area contributed by atoms with Crippen molar-refractivity contribution < 1.29 is 18.6 Å². The summed E-state index contributed by atoms with van der Waals surface area (Å²) >= 11 is 0. The van der Waals surface area contributed by atoms with Crippen LogP contribution in [0.2, 0.25) is 0 Å². The zero-order valence-corrected chi connectivity index (χ0v) is 15.5. The monoisotopic (exact) mass is 366 g/mol. The first-order valence-electron chi connectivity index (χ1n) is 9.23. The topological polar surface area (TPSA) is 57.9 Å². The molecule has 2 heterocycles. The van der Waals surface area contributed by atoms with Gasteiger partial charge in [-0.3, -0.25) is 4.79 Å². The van der Waals surface area contributed by atoms with Crippen molar-refractivity contribution in [2.45, 2.75) is 26.2 Å². The molecule has 2 aromatic carbocycles. The van der Waals surface area contributed by atoms with Crippen LogP contribution in [0, 0.1) is 0 Å². The van der Waals surface area contributed by atoms with Crippen molar-refractivity contribution in [3.8, 4) is 28.4 Å². The van der Waals surface area contributed by atoms with Gasteiger partial charge in [0.2, 0.25) is 5.43 Å². The SMILES string of the molecule is CCCc1cc2c(=O)c(-c3ccc4c(c3)OCCCO4)coc2cc1OC. The van der Waals surface area contributed by atoms with Crippen LogP contribution >= 0.6 is 0 Å². The summed E-state index contributed by atoms with van der Waals surface area (Å²) < 4.78 is 22.6. The van der Waals surface area contributed by atoms with E-state index in [0.717, 1.165) is 36.1 Å². The van der Waals surface area contributed by atoms with Crippen LogP contribution in [0.25, 0.3) is 22.1 Å². The molecule has 5 heteroatoms. The van der Waals surface area contributed by atoms with Gasteiger partial charge in [0.15, 0.2) is 11.5 Å². The van der Waals surface area contributed by atoms with E-state index in [9.17, 15) is 4.79 Å². The number of methoxy groups -OCH3 is 1. The molecule has 1 aromatic heterocycles. The van der Waals surface area contributed by atoms with Gasteiger partial charge in [0.1, 0.15) is 17.6 Å². The number of hydrogen-bond donors (Lipinski definition) is 0. The lowest BCUT2D eigenvalue weighted by Crippen LogP contribution is -2.06. The number of rotatable bonds is 4. The van der Waals surface area contributed by atoms with Crippen molar-refractivity contribution >= 4 is 11.0 Å². The molecule has 0 saturated heterocycles. The van der Waals surface area contributed by atoms with E-state index in [-0.39, 0.29) is 5.43 Å². The standard InChI is InChI=1S/C22H22O5/c1-3-5-15-10-16-20(12-19(15)24-2)27-13-17(22(16)23)14-6-7-18-21(11-14)26-9-4-8-25-18/h6-7,10-13H,3-5,8-9H2,1-2H3. The highest BCUT2D eigenvalue weighted by Gasteiger charge is 2.16. The predicted molar refractivity (Wildman–Crippen MR) is 104 cm³/mol. The molecule has 1 aliphatic heterocycles. The Bertz CT molecular complexity index is 1030. The van der Waals surface area contributed by atoms with Gasteiger partial charge < -0.3 is 18.6 Å². The molecular weight excluding hydrogens is 344 g/mol. The maximum atomic E-state index is 13.1. The second-order valence-corrected chi connectivity index (χ2v) is 6.60. The van der Waals surface area contributed by atoms with Gasteiger partial charge in [0.25, 0.3) is 0 Å². The Labute approximate surface area is 157 Å². The van der Waals surface area contributed by atoms with Crippen molar-refractivity contribution in [2.24, 2.45) is 0 Å². The Hall–Kier alpha value is -2.95. The fourth-order valence-corrected chi connectivity index (χ4v) is 3.39. The van der Waals surface area contributed by atoms with E-state index in [1.54, 1.807) is 13.2 Å². The summed E-state index contributed by atoms with van der Waals surface area (Å²) in [7, 11) is 1.63. The molecule has 0 radical (unpaired) electrons. The van der Waals surface area contributed by atoms with E-state index in [1.165, 1.54) is 6.26 Å². The van der Waals surface area contributed by atoms with Crippen molar-refractivity contribution in [2.75, 3.05) is 20.3 Å². The number of hydrogen-bond acceptors (Lipinski definition) is 5. The summed E-state index contributed by atoms with van der Waals surface area (Å²) in [6.45, 7) is 3.33. The lowest BCUT2D eigenvalue weighted by Gasteiger charge is -2.11. The number of ether oxygens (including phenoxy) is 3. The molecule has 0 unspecified atom stereocenters. The van der Waals surface area contributed by atoms with Gasteiger partial charge in [0.05, 0.1) is 31.3 Å². The summed E-state index contributed by atoms with van der Waals surface area (Å²) in [6.07, 6.45) is 4.15. The van der Waals surface area contributed by atoms with E-state index >= 15 is 0 Å². The molecule has 140 valence electrons. The quantitative estimate of drug-likeness (QED) is 0.676. The highest BCUT2D eigenvalue weighted by molar-refractivity contribution is 5.84. The highest BCUT2D eigenvalue weighted by atomic mass is 16.5. The first-order valence-corrected chi connectivity index (χ1v) is 9.23. The fourth-order valence-electron chi connectivity index (χ4n) is 3.39. The molecule has 0 saturated carbocycles. The van der Waals surface area contributed by atoms with Gasteiger partial charge in [-0.15, -0.1) is 0 Å². The molecular formula is C22H22O5. The van der Waals surface area contributed by atoms with Crippen LogP contribution in [0.4, 0.5) is 0 Å². The Kier molecular flexibility index (Phi) is 4.75. The van der Waals surface area contributed by atoms with E-state index < -0.39 is 0 Å². The van der Waals surface area contributed by atoms with E-state index in [1.807, 2.05) is 24.3 Å². The maximum absolute atomic E-state index is 13.1. The highest BCUT2D eigenvalue weighted by Crippen LogP contribution is 2.34. The van der Waals surface area contributed by atoms with Gasteiger partial charge >= 0.3 is 0 Å². The third kappa shape index (κ3) is 3.25. The smallest absolute Gasteiger partial charge is 0.200 e. The molecule has 0 amide bonds. The summed E-state index contributed by atoms with van der Waals surface area (Å²) in [5.41, 5.74) is 2.73. The second kappa shape index (κ2) is 7.35. The largest absolute Gasteiger partial charge is 0.496 e. The Morgan fingerprint density at radius 1 is 1.07 bits per heavy atom. The number of fused-ring (bicyclic) bond motifs is 2. The van der Waals surface area contributed by atoms with Crippen LogP contribution in [0.1, 0.15) is 25.3 Å². The van der Waals surface area contributed by atoms with Gasteiger partial charge in [-0.1, -0.05) is 19.4 Å². The van der Waals surface area contributed by atoms with Crippen LogP contribution in [-0.4, -0.2) is 20.3 Å². The molecule has 0 spiro atoms. The predicted octanol–water partition coefficient (Wildman–Crippen LogP) is 4.58. The lowest BCUT2D eigenvalue weighted by atomic mass is 10.0. The third-order valence-electron chi connectivity index (χ3n) is 4.75. The molecule has 27 heavy (non-hydrogen) atoms. The molecule has 4 rings (SSSR count). The summed E-state index contributed by atoms with van der Waals surface area (Å²) in [5, 5.41) is 0.559. The van der Waals surface area contributed by atoms with E-state index in [4.69, 9.17) is 18.6 Å². The van der Waals surface area contributed by atoms with Crippen molar-refractivity contribution in [1.82, 2.24) is 0 Å². The normalized spacial score (nSPS) is 13.4. The number of aryl methyl sites for hydroxylation is 1. The van der Waals surface area contributed by atoms with Gasteiger partial charge in [-0.2, -0.15) is 0 Å². The molecule has 5 nitrogen and oxygen atoms in total. The van der Waals surface area contributed by atoms with Crippen molar-refractivity contribution in [1.29, 1.82) is 0 Å². The Balaban J connectivity index is 1.84. The fraction of sp³-hybridized carbons (Fsp3) is 0.318. The minimum absolute atomic E-state index is 0.0641. The summed E-state index contributed by atoms with van der Waals surface area (Å²) in [4.78, 5) is 13.1. The molecule has 0 N–H and O–H groups in total. The molecule has 1 aliphatic rings. The molecule has 3 aromatic rings. The Morgan fingerprint density at radius 3 is 2.67 bits per heavy atom. The van der Waals surface area contributed by atoms with Crippen LogP contribution in [-0.2, 0) is 6.42 Å². The third-order valence-corrected chi connectivity index (χ3v) is 4.75. The Morgan fingerprint density at radius 2 is 1.89 bits per heavy atom.